The highest BCUT2D eigenvalue weighted by Gasteiger charge is 2.34. The quantitative estimate of drug-likeness (QED) is 0.700. The van der Waals surface area contributed by atoms with Gasteiger partial charge in [-0.25, -0.2) is 4.98 Å². The summed E-state index contributed by atoms with van der Waals surface area (Å²) in [4.78, 5) is 8.83. The smallest absolute Gasteiger partial charge is 0.351 e. The number of halogens is 3. The molecule has 134 valence electrons. The summed E-state index contributed by atoms with van der Waals surface area (Å²) in [5, 5.41) is 6.03. The molecule has 3 rings (SSSR count). The van der Waals surface area contributed by atoms with Crippen LogP contribution in [-0.2, 0) is 6.18 Å². The second-order valence-corrected chi connectivity index (χ2v) is 6.76. The molecular formula is C17H19F3N4S. The van der Waals surface area contributed by atoms with Crippen LogP contribution < -0.4 is 10.6 Å². The molecule has 1 aromatic carbocycles. The highest BCUT2D eigenvalue weighted by Crippen LogP contribution is 2.33. The standard InChI is InChI=1S/C17H19F3N4S/c1-25-13-9-5-4-8-12(13)22-15-10-14(17(18,19)20)23-16(24-15)21-11-6-2-3-7-11/h4-5,8-11H,2-3,6-7H2,1H3,(H2,21,22,23,24). The Morgan fingerprint density at radius 3 is 2.52 bits per heavy atom. The molecule has 0 radical (unpaired) electrons. The number of hydrogen-bond acceptors (Lipinski definition) is 5. The van der Waals surface area contributed by atoms with Crippen LogP contribution in [0.2, 0.25) is 0 Å². The van der Waals surface area contributed by atoms with Gasteiger partial charge in [0.25, 0.3) is 0 Å². The summed E-state index contributed by atoms with van der Waals surface area (Å²) in [5.41, 5.74) is -0.235. The number of alkyl halides is 3. The first-order valence-corrected chi connectivity index (χ1v) is 9.31. The van der Waals surface area contributed by atoms with Crippen molar-refractivity contribution in [2.45, 2.75) is 42.8 Å². The number of anilines is 3. The van der Waals surface area contributed by atoms with Gasteiger partial charge in [-0.1, -0.05) is 25.0 Å². The first-order valence-electron chi connectivity index (χ1n) is 8.08. The van der Waals surface area contributed by atoms with E-state index in [1.54, 1.807) is 0 Å². The van der Waals surface area contributed by atoms with E-state index in [9.17, 15) is 13.2 Å². The molecule has 8 heteroatoms. The molecule has 0 bridgehead atoms. The van der Waals surface area contributed by atoms with Crippen LogP contribution in [0.3, 0.4) is 0 Å². The van der Waals surface area contributed by atoms with Crippen LogP contribution in [0.5, 0.6) is 0 Å². The van der Waals surface area contributed by atoms with Crippen LogP contribution in [0.25, 0.3) is 0 Å². The molecule has 1 aliphatic carbocycles. The highest BCUT2D eigenvalue weighted by molar-refractivity contribution is 7.98. The van der Waals surface area contributed by atoms with Gasteiger partial charge < -0.3 is 10.6 Å². The molecule has 0 unspecified atom stereocenters. The van der Waals surface area contributed by atoms with Gasteiger partial charge >= 0.3 is 6.18 Å². The normalized spacial score (nSPS) is 15.4. The number of aromatic nitrogens is 2. The topological polar surface area (TPSA) is 49.8 Å². The second-order valence-electron chi connectivity index (χ2n) is 5.91. The molecule has 0 atom stereocenters. The average Bonchev–Trinajstić information content (AvgIpc) is 3.07. The van der Waals surface area contributed by atoms with Crippen LogP contribution >= 0.6 is 11.8 Å². The van der Waals surface area contributed by atoms with Gasteiger partial charge in [0, 0.05) is 17.0 Å². The van der Waals surface area contributed by atoms with E-state index in [0.717, 1.165) is 36.6 Å². The number of benzene rings is 1. The van der Waals surface area contributed by atoms with Gasteiger partial charge in [0.05, 0.1) is 5.69 Å². The van der Waals surface area contributed by atoms with Crippen LogP contribution in [0, 0.1) is 0 Å². The fourth-order valence-electron chi connectivity index (χ4n) is 2.86. The zero-order valence-corrected chi connectivity index (χ0v) is 14.5. The summed E-state index contributed by atoms with van der Waals surface area (Å²) in [6.07, 6.45) is 1.39. The Morgan fingerprint density at radius 1 is 1.12 bits per heavy atom. The Balaban J connectivity index is 1.91. The highest BCUT2D eigenvalue weighted by atomic mass is 32.2. The molecule has 25 heavy (non-hydrogen) atoms. The maximum atomic E-state index is 13.2. The summed E-state index contributed by atoms with van der Waals surface area (Å²) in [6.45, 7) is 0. The van der Waals surface area contributed by atoms with Crippen molar-refractivity contribution in [1.82, 2.24) is 9.97 Å². The van der Waals surface area contributed by atoms with E-state index in [1.165, 1.54) is 11.8 Å². The van der Waals surface area contributed by atoms with Crippen molar-refractivity contribution in [3.05, 3.63) is 36.0 Å². The first-order chi connectivity index (χ1) is 12.0. The minimum Gasteiger partial charge on any atom is -0.351 e. The molecule has 1 aromatic heterocycles. The van der Waals surface area contributed by atoms with E-state index in [4.69, 9.17) is 0 Å². The molecule has 1 aliphatic rings. The largest absolute Gasteiger partial charge is 0.433 e. The molecular weight excluding hydrogens is 349 g/mol. The van der Waals surface area contributed by atoms with Crippen molar-refractivity contribution < 1.29 is 13.2 Å². The third-order valence-electron chi connectivity index (χ3n) is 4.07. The lowest BCUT2D eigenvalue weighted by Crippen LogP contribution is -2.19. The summed E-state index contributed by atoms with van der Waals surface area (Å²) >= 11 is 1.51. The van der Waals surface area contributed by atoms with Crippen molar-refractivity contribution in [2.24, 2.45) is 0 Å². The van der Waals surface area contributed by atoms with Crippen LogP contribution in [-0.4, -0.2) is 22.3 Å². The number of nitrogens with one attached hydrogen (secondary N) is 2. The van der Waals surface area contributed by atoms with Crippen LogP contribution in [0.15, 0.2) is 35.2 Å². The lowest BCUT2D eigenvalue weighted by Gasteiger charge is -2.16. The molecule has 0 aliphatic heterocycles. The van der Waals surface area contributed by atoms with Crippen molar-refractivity contribution in [1.29, 1.82) is 0 Å². The van der Waals surface area contributed by atoms with Crippen molar-refractivity contribution >= 4 is 29.2 Å². The fraction of sp³-hybridized carbons (Fsp3) is 0.412. The van der Waals surface area contributed by atoms with Gasteiger partial charge in [0.1, 0.15) is 5.82 Å². The van der Waals surface area contributed by atoms with Gasteiger partial charge in [0.2, 0.25) is 5.95 Å². The van der Waals surface area contributed by atoms with E-state index < -0.39 is 11.9 Å². The number of nitrogens with zero attached hydrogens (tertiary/aromatic N) is 2. The van der Waals surface area contributed by atoms with Crippen molar-refractivity contribution in [2.75, 3.05) is 16.9 Å². The Hall–Kier alpha value is -1.96. The average molecular weight is 368 g/mol. The van der Waals surface area contributed by atoms with Crippen LogP contribution in [0.1, 0.15) is 31.4 Å². The third-order valence-corrected chi connectivity index (χ3v) is 4.87. The molecule has 4 nitrogen and oxygen atoms in total. The summed E-state index contributed by atoms with van der Waals surface area (Å²) < 4.78 is 39.6. The summed E-state index contributed by atoms with van der Waals surface area (Å²) in [5.74, 6) is 0.148. The monoisotopic (exact) mass is 368 g/mol. The zero-order chi connectivity index (χ0) is 17.9. The Kier molecular flexibility index (Phi) is 5.36. The van der Waals surface area contributed by atoms with Crippen molar-refractivity contribution in [3.8, 4) is 0 Å². The minimum atomic E-state index is -4.52. The predicted molar refractivity (Wildman–Crippen MR) is 94.4 cm³/mol. The molecule has 1 fully saturated rings. The number of rotatable bonds is 5. The van der Waals surface area contributed by atoms with E-state index in [1.807, 2.05) is 30.5 Å². The fourth-order valence-corrected chi connectivity index (χ4v) is 3.41. The zero-order valence-electron chi connectivity index (χ0n) is 13.7. The van der Waals surface area contributed by atoms with E-state index in [-0.39, 0.29) is 17.8 Å². The molecule has 1 heterocycles. The number of hydrogen-bond donors (Lipinski definition) is 2. The molecule has 1 saturated carbocycles. The molecule has 0 saturated heterocycles. The van der Waals surface area contributed by atoms with E-state index in [2.05, 4.69) is 20.6 Å². The lowest BCUT2D eigenvalue weighted by atomic mass is 10.2. The van der Waals surface area contributed by atoms with Gasteiger partial charge in [-0.2, -0.15) is 18.2 Å². The van der Waals surface area contributed by atoms with Gasteiger partial charge in [-0.15, -0.1) is 11.8 Å². The Bertz CT molecular complexity index is 730. The van der Waals surface area contributed by atoms with Crippen LogP contribution in [0.4, 0.5) is 30.6 Å². The van der Waals surface area contributed by atoms with Gasteiger partial charge in [0.15, 0.2) is 5.69 Å². The molecule has 0 amide bonds. The molecule has 2 N–H and O–H groups in total. The van der Waals surface area contributed by atoms with E-state index in [0.29, 0.717) is 5.69 Å². The SMILES string of the molecule is CSc1ccccc1Nc1cc(C(F)(F)F)nc(NC2CCCC2)n1. The maximum Gasteiger partial charge on any atom is 0.433 e. The van der Waals surface area contributed by atoms with Gasteiger partial charge in [-0.3, -0.25) is 0 Å². The summed E-state index contributed by atoms with van der Waals surface area (Å²) in [7, 11) is 0. The lowest BCUT2D eigenvalue weighted by molar-refractivity contribution is -0.141. The Labute approximate surface area is 148 Å². The Morgan fingerprint density at radius 2 is 1.84 bits per heavy atom. The summed E-state index contributed by atoms with van der Waals surface area (Å²) in [6, 6.07) is 8.49. The maximum absolute atomic E-state index is 13.2. The second kappa shape index (κ2) is 7.51. The predicted octanol–water partition coefficient (Wildman–Crippen LogP) is 5.32. The van der Waals surface area contributed by atoms with Gasteiger partial charge in [-0.05, 0) is 31.2 Å². The molecule has 2 aromatic rings. The minimum absolute atomic E-state index is 0.0193. The third kappa shape index (κ3) is 4.56. The first kappa shape index (κ1) is 17.8. The number of para-hydroxylation sites is 1. The molecule has 0 spiro atoms. The number of thioether (sulfide) groups is 1. The van der Waals surface area contributed by atoms with E-state index >= 15 is 0 Å². The van der Waals surface area contributed by atoms with Crippen molar-refractivity contribution in [3.63, 3.8) is 0 Å².